The molecule has 1 fully saturated rings. The molecule has 25 heavy (non-hydrogen) atoms. The summed E-state index contributed by atoms with van der Waals surface area (Å²) >= 11 is 5.91. The maximum absolute atomic E-state index is 12.4. The number of rotatable bonds is 6. The molecule has 1 aromatic heterocycles. The molecule has 1 aromatic carbocycles. The number of benzene rings is 1. The van der Waals surface area contributed by atoms with Gasteiger partial charge in [0.05, 0.1) is 18.7 Å². The highest BCUT2D eigenvalue weighted by molar-refractivity contribution is 6.30. The van der Waals surface area contributed by atoms with Crippen molar-refractivity contribution in [1.29, 1.82) is 0 Å². The van der Waals surface area contributed by atoms with Gasteiger partial charge in [-0.2, -0.15) is 0 Å². The Hall–Kier alpha value is -2.34. The van der Waals surface area contributed by atoms with Crippen LogP contribution in [-0.4, -0.2) is 42.1 Å². The number of nitrogens with zero attached hydrogens (tertiary/aromatic N) is 3. The Morgan fingerprint density at radius 1 is 1.40 bits per heavy atom. The monoisotopic (exact) mass is 360 g/mol. The third-order valence-electron chi connectivity index (χ3n) is 4.13. The second-order valence-corrected chi connectivity index (χ2v) is 6.38. The fourth-order valence-corrected chi connectivity index (χ4v) is 3.08. The van der Waals surface area contributed by atoms with Crippen molar-refractivity contribution in [3.63, 3.8) is 0 Å². The lowest BCUT2D eigenvalue weighted by Crippen LogP contribution is -2.44. The van der Waals surface area contributed by atoms with Gasteiger partial charge in [0.1, 0.15) is 18.2 Å². The average molecular weight is 361 g/mol. The number of aromatic nitrogens is 2. The van der Waals surface area contributed by atoms with Crippen LogP contribution in [0.25, 0.3) is 0 Å². The molecular formula is C18H21ClN4O2. The minimum absolute atomic E-state index is 0.0399. The minimum Gasteiger partial charge on any atom is -0.492 e. The topological polar surface area (TPSA) is 67.3 Å². The third kappa shape index (κ3) is 5.06. The van der Waals surface area contributed by atoms with Crippen LogP contribution in [-0.2, 0) is 4.79 Å². The van der Waals surface area contributed by atoms with Crippen LogP contribution in [0, 0.1) is 5.92 Å². The maximum atomic E-state index is 12.4. The van der Waals surface area contributed by atoms with Gasteiger partial charge in [0.25, 0.3) is 0 Å². The highest BCUT2D eigenvalue weighted by atomic mass is 35.5. The summed E-state index contributed by atoms with van der Waals surface area (Å²) in [6.07, 6.45) is 6.91. The predicted octanol–water partition coefficient (Wildman–Crippen LogP) is 2.54. The summed E-state index contributed by atoms with van der Waals surface area (Å²) in [5.41, 5.74) is 0. The summed E-state index contributed by atoms with van der Waals surface area (Å²) in [5.74, 6) is 1.54. The predicted molar refractivity (Wildman–Crippen MR) is 96.9 cm³/mol. The molecule has 0 saturated carbocycles. The van der Waals surface area contributed by atoms with Gasteiger partial charge in [0, 0.05) is 30.5 Å². The zero-order valence-corrected chi connectivity index (χ0v) is 14.7. The number of anilines is 1. The smallest absolute Gasteiger partial charge is 0.225 e. The van der Waals surface area contributed by atoms with Gasteiger partial charge in [0.15, 0.2) is 0 Å². The summed E-state index contributed by atoms with van der Waals surface area (Å²) < 4.78 is 5.59. The third-order valence-corrected chi connectivity index (χ3v) is 4.37. The Balaban J connectivity index is 1.43. The van der Waals surface area contributed by atoms with Gasteiger partial charge in [-0.1, -0.05) is 17.7 Å². The second-order valence-electron chi connectivity index (χ2n) is 5.95. The van der Waals surface area contributed by atoms with Crippen LogP contribution in [0.1, 0.15) is 12.8 Å². The van der Waals surface area contributed by atoms with Gasteiger partial charge in [-0.05, 0) is 31.0 Å². The van der Waals surface area contributed by atoms with Crippen molar-refractivity contribution >= 4 is 23.3 Å². The fraction of sp³-hybridized carbons (Fsp3) is 0.389. The first-order valence-corrected chi connectivity index (χ1v) is 8.77. The van der Waals surface area contributed by atoms with Crippen molar-refractivity contribution < 1.29 is 9.53 Å². The normalized spacial score (nSPS) is 17.2. The SMILES string of the molecule is O=C(NCCOc1cccc(Cl)c1)[C@@H]1CCCN(c2cnccn2)C1. The number of carbonyl (C=O) groups is 1. The first kappa shape index (κ1) is 17.5. The number of amides is 1. The molecule has 2 aromatic rings. The van der Waals surface area contributed by atoms with Gasteiger partial charge in [-0.25, -0.2) is 4.98 Å². The molecule has 0 spiro atoms. The standard InChI is InChI=1S/C18H21ClN4O2/c19-15-4-1-5-16(11-15)25-10-8-22-18(24)14-3-2-9-23(13-14)17-12-20-6-7-21-17/h1,4-7,11-12,14H,2-3,8-10,13H2,(H,22,24)/t14-/m1/s1. The van der Waals surface area contributed by atoms with E-state index in [9.17, 15) is 4.79 Å². The minimum atomic E-state index is -0.0399. The molecule has 3 rings (SSSR count). The summed E-state index contributed by atoms with van der Waals surface area (Å²) in [6.45, 7) is 2.44. The van der Waals surface area contributed by atoms with Crippen molar-refractivity contribution in [3.05, 3.63) is 47.9 Å². The molecule has 0 unspecified atom stereocenters. The molecule has 6 nitrogen and oxygen atoms in total. The van der Waals surface area contributed by atoms with Crippen LogP contribution in [0.15, 0.2) is 42.9 Å². The lowest BCUT2D eigenvalue weighted by Gasteiger charge is -2.32. The van der Waals surface area contributed by atoms with Gasteiger partial charge < -0.3 is 15.0 Å². The molecule has 0 radical (unpaired) electrons. The van der Waals surface area contributed by atoms with Crippen LogP contribution < -0.4 is 15.0 Å². The Morgan fingerprint density at radius 3 is 3.12 bits per heavy atom. The number of halogens is 1. The molecule has 132 valence electrons. The van der Waals surface area contributed by atoms with E-state index >= 15 is 0 Å². The summed E-state index contributed by atoms with van der Waals surface area (Å²) in [7, 11) is 0. The van der Waals surface area contributed by atoms with E-state index in [0.29, 0.717) is 30.5 Å². The molecule has 0 aliphatic carbocycles. The molecule has 7 heteroatoms. The first-order valence-electron chi connectivity index (χ1n) is 8.39. The van der Waals surface area contributed by atoms with Crippen molar-refractivity contribution in [1.82, 2.24) is 15.3 Å². The fourth-order valence-electron chi connectivity index (χ4n) is 2.90. The first-order chi connectivity index (χ1) is 12.2. The number of hydrogen-bond acceptors (Lipinski definition) is 5. The van der Waals surface area contributed by atoms with E-state index in [2.05, 4.69) is 20.2 Å². The van der Waals surface area contributed by atoms with E-state index < -0.39 is 0 Å². The van der Waals surface area contributed by atoms with Crippen LogP contribution >= 0.6 is 11.6 Å². The van der Waals surface area contributed by atoms with E-state index in [1.807, 2.05) is 12.1 Å². The van der Waals surface area contributed by atoms with E-state index in [4.69, 9.17) is 16.3 Å². The quantitative estimate of drug-likeness (QED) is 0.802. The lowest BCUT2D eigenvalue weighted by molar-refractivity contribution is -0.125. The van der Waals surface area contributed by atoms with Gasteiger partial charge >= 0.3 is 0 Å². The molecule has 1 aliphatic rings. The summed E-state index contributed by atoms with van der Waals surface area (Å²) in [4.78, 5) is 22.9. The zero-order valence-electron chi connectivity index (χ0n) is 13.9. The summed E-state index contributed by atoms with van der Waals surface area (Å²) in [6, 6.07) is 7.22. The Bertz CT molecular complexity index is 698. The Labute approximate surface area is 152 Å². The Kier molecular flexibility index (Phi) is 6.06. The van der Waals surface area contributed by atoms with E-state index in [-0.39, 0.29) is 11.8 Å². The highest BCUT2D eigenvalue weighted by Gasteiger charge is 2.26. The maximum Gasteiger partial charge on any atom is 0.225 e. The second kappa shape index (κ2) is 8.67. The van der Waals surface area contributed by atoms with Crippen molar-refractivity contribution in [2.75, 3.05) is 31.1 Å². The zero-order chi connectivity index (χ0) is 17.5. The van der Waals surface area contributed by atoms with Crippen LogP contribution in [0.4, 0.5) is 5.82 Å². The molecule has 1 atom stereocenters. The largest absolute Gasteiger partial charge is 0.492 e. The van der Waals surface area contributed by atoms with Crippen LogP contribution in [0.2, 0.25) is 5.02 Å². The molecule has 1 saturated heterocycles. The molecular weight excluding hydrogens is 340 g/mol. The molecule has 1 N–H and O–H groups in total. The average Bonchev–Trinajstić information content (AvgIpc) is 2.66. The van der Waals surface area contributed by atoms with Gasteiger partial charge in [-0.15, -0.1) is 0 Å². The molecule has 1 amide bonds. The number of piperidine rings is 1. The van der Waals surface area contributed by atoms with Crippen LogP contribution in [0.5, 0.6) is 5.75 Å². The molecule has 0 bridgehead atoms. The highest BCUT2D eigenvalue weighted by Crippen LogP contribution is 2.21. The Morgan fingerprint density at radius 2 is 2.32 bits per heavy atom. The number of ether oxygens (including phenoxy) is 1. The molecule has 2 heterocycles. The van der Waals surface area contributed by atoms with Gasteiger partial charge in [0.2, 0.25) is 5.91 Å². The number of carbonyl (C=O) groups excluding carboxylic acids is 1. The van der Waals surface area contributed by atoms with Gasteiger partial charge in [-0.3, -0.25) is 9.78 Å². The van der Waals surface area contributed by atoms with E-state index in [1.54, 1.807) is 30.7 Å². The molecule has 1 aliphatic heterocycles. The lowest BCUT2D eigenvalue weighted by atomic mass is 9.97. The van der Waals surface area contributed by atoms with E-state index in [0.717, 1.165) is 25.2 Å². The van der Waals surface area contributed by atoms with Crippen molar-refractivity contribution in [2.45, 2.75) is 12.8 Å². The van der Waals surface area contributed by atoms with E-state index in [1.165, 1.54) is 0 Å². The summed E-state index contributed by atoms with van der Waals surface area (Å²) in [5, 5.41) is 3.58. The number of nitrogens with one attached hydrogen (secondary N) is 1. The van der Waals surface area contributed by atoms with Crippen LogP contribution in [0.3, 0.4) is 0 Å². The number of hydrogen-bond donors (Lipinski definition) is 1. The van der Waals surface area contributed by atoms with Crippen molar-refractivity contribution in [2.24, 2.45) is 5.92 Å². The van der Waals surface area contributed by atoms with Crippen molar-refractivity contribution in [3.8, 4) is 5.75 Å².